The molecule has 2 N–H and O–H groups in total. The fourth-order valence-electron chi connectivity index (χ4n) is 2.57. The van der Waals surface area contributed by atoms with Gasteiger partial charge in [-0.15, -0.1) is 0 Å². The molecule has 0 radical (unpaired) electrons. The Balaban J connectivity index is 1.62. The number of ether oxygens (including phenoxy) is 2. The van der Waals surface area contributed by atoms with Gasteiger partial charge in [-0.25, -0.2) is 0 Å². The van der Waals surface area contributed by atoms with Crippen molar-refractivity contribution in [3.05, 3.63) is 59.7 Å². The number of amides is 2. The van der Waals surface area contributed by atoms with Crippen LogP contribution >= 0.6 is 0 Å². The Morgan fingerprint density at radius 2 is 1.79 bits per heavy atom. The van der Waals surface area contributed by atoms with Gasteiger partial charge in [0.25, 0.3) is 5.91 Å². The maximum atomic E-state index is 12.3. The van der Waals surface area contributed by atoms with Gasteiger partial charge < -0.3 is 9.47 Å². The number of hydrazine groups is 1. The first-order chi connectivity index (χ1) is 11.7. The maximum Gasteiger partial charge on any atom is 0.269 e. The van der Waals surface area contributed by atoms with E-state index < -0.39 is 5.91 Å². The van der Waals surface area contributed by atoms with Crippen LogP contribution in [0.5, 0.6) is 11.5 Å². The van der Waals surface area contributed by atoms with Gasteiger partial charge >= 0.3 is 0 Å². The Bertz CT molecular complexity index is 746. The maximum absolute atomic E-state index is 12.3. The number of hydrogen-bond acceptors (Lipinski definition) is 4. The molecular weight excluding hydrogens is 308 g/mol. The average Bonchev–Trinajstić information content (AvgIpc) is 3.09. The first kappa shape index (κ1) is 15.9. The predicted molar refractivity (Wildman–Crippen MR) is 87.6 cm³/mol. The molecule has 6 nitrogen and oxygen atoms in total. The third-order valence-electron chi connectivity index (χ3n) is 3.86. The Labute approximate surface area is 139 Å². The van der Waals surface area contributed by atoms with Gasteiger partial charge in [-0.2, -0.15) is 0 Å². The number of fused-ring (bicyclic) bond motifs is 1. The molecule has 2 aromatic rings. The average molecular weight is 326 g/mol. The molecule has 3 rings (SSSR count). The molecule has 0 aliphatic carbocycles. The molecule has 0 saturated carbocycles. The highest BCUT2D eigenvalue weighted by Gasteiger charge is 2.20. The lowest BCUT2D eigenvalue weighted by Gasteiger charge is -2.16. The number of carbonyl (C=O) groups is 2. The highest BCUT2D eigenvalue weighted by molar-refractivity contribution is 5.96. The molecule has 2 aromatic carbocycles. The van der Waals surface area contributed by atoms with Crippen LogP contribution in [-0.4, -0.2) is 18.6 Å². The van der Waals surface area contributed by atoms with Crippen LogP contribution in [0.25, 0.3) is 0 Å². The van der Waals surface area contributed by atoms with Crippen molar-refractivity contribution in [2.24, 2.45) is 0 Å². The molecule has 1 aliphatic heterocycles. The van der Waals surface area contributed by atoms with Gasteiger partial charge in [-0.3, -0.25) is 20.4 Å². The minimum atomic E-state index is -0.412. The van der Waals surface area contributed by atoms with E-state index in [9.17, 15) is 9.59 Å². The summed E-state index contributed by atoms with van der Waals surface area (Å²) in [4.78, 5) is 24.5. The van der Waals surface area contributed by atoms with Crippen LogP contribution in [0.15, 0.2) is 48.5 Å². The van der Waals surface area contributed by atoms with Crippen molar-refractivity contribution in [3.8, 4) is 11.5 Å². The highest BCUT2D eigenvalue weighted by Crippen LogP contribution is 2.32. The summed E-state index contributed by atoms with van der Waals surface area (Å²) < 4.78 is 10.4. The quantitative estimate of drug-likeness (QED) is 0.846. The fourth-order valence-corrected chi connectivity index (χ4v) is 2.57. The minimum absolute atomic E-state index is 0.145. The van der Waals surface area contributed by atoms with Crippen LogP contribution in [-0.2, 0) is 4.79 Å². The smallest absolute Gasteiger partial charge is 0.269 e. The number of rotatable bonds is 4. The normalized spacial score (nSPS) is 13.2. The second-order valence-electron chi connectivity index (χ2n) is 5.38. The standard InChI is InChI=1S/C18H18N2O4/c1-2-14(12-6-4-3-5-7-12)18(22)20-19-17(21)13-8-9-15-16(10-13)24-11-23-15/h3-10,14H,2,11H2,1H3,(H,19,21)(H,20,22). The summed E-state index contributed by atoms with van der Waals surface area (Å²) in [7, 11) is 0. The van der Waals surface area contributed by atoms with Gasteiger partial charge in [0.15, 0.2) is 11.5 Å². The molecule has 24 heavy (non-hydrogen) atoms. The lowest BCUT2D eigenvalue weighted by molar-refractivity contribution is -0.123. The summed E-state index contributed by atoms with van der Waals surface area (Å²) >= 11 is 0. The van der Waals surface area contributed by atoms with Crippen LogP contribution in [0.3, 0.4) is 0 Å². The van der Waals surface area contributed by atoms with Gasteiger partial charge in [0, 0.05) is 5.56 Å². The monoisotopic (exact) mass is 326 g/mol. The summed E-state index contributed by atoms with van der Waals surface area (Å²) in [5.74, 6) is 0.140. The van der Waals surface area contributed by atoms with E-state index in [1.54, 1.807) is 18.2 Å². The molecule has 1 aliphatic rings. The molecule has 0 spiro atoms. The van der Waals surface area contributed by atoms with Crippen molar-refractivity contribution in [3.63, 3.8) is 0 Å². The number of benzene rings is 2. The topological polar surface area (TPSA) is 76.7 Å². The molecule has 0 aromatic heterocycles. The molecule has 6 heteroatoms. The van der Waals surface area contributed by atoms with E-state index in [0.717, 1.165) is 5.56 Å². The Hall–Kier alpha value is -3.02. The Kier molecular flexibility index (Phi) is 4.65. The second kappa shape index (κ2) is 7.04. The molecule has 1 atom stereocenters. The second-order valence-corrected chi connectivity index (χ2v) is 5.38. The molecule has 2 amide bonds. The van der Waals surface area contributed by atoms with E-state index in [1.807, 2.05) is 37.3 Å². The summed E-state index contributed by atoms with van der Waals surface area (Å²) in [6, 6.07) is 14.3. The van der Waals surface area contributed by atoms with E-state index in [1.165, 1.54) is 0 Å². The molecule has 0 bridgehead atoms. The molecular formula is C18H18N2O4. The Morgan fingerprint density at radius 1 is 1.04 bits per heavy atom. The fraction of sp³-hybridized carbons (Fsp3) is 0.222. The summed E-state index contributed by atoms with van der Waals surface area (Å²) in [5, 5.41) is 0. The van der Waals surface area contributed by atoms with Crippen molar-refractivity contribution in [2.75, 3.05) is 6.79 Å². The largest absolute Gasteiger partial charge is 0.454 e. The summed E-state index contributed by atoms with van der Waals surface area (Å²) in [6.07, 6.45) is 0.635. The van der Waals surface area contributed by atoms with Gasteiger partial charge in [0.2, 0.25) is 12.7 Å². The molecule has 1 heterocycles. The van der Waals surface area contributed by atoms with E-state index >= 15 is 0 Å². The zero-order chi connectivity index (χ0) is 16.9. The Morgan fingerprint density at radius 3 is 2.54 bits per heavy atom. The molecule has 1 unspecified atom stereocenters. The number of nitrogens with one attached hydrogen (secondary N) is 2. The summed E-state index contributed by atoms with van der Waals surface area (Å²) in [5.41, 5.74) is 6.22. The van der Waals surface area contributed by atoms with Gasteiger partial charge in [0.1, 0.15) is 0 Å². The zero-order valence-electron chi connectivity index (χ0n) is 13.2. The van der Waals surface area contributed by atoms with Crippen molar-refractivity contribution in [2.45, 2.75) is 19.3 Å². The zero-order valence-corrected chi connectivity index (χ0v) is 13.2. The van der Waals surface area contributed by atoms with Crippen molar-refractivity contribution in [1.29, 1.82) is 0 Å². The van der Waals surface area contributed by atoms with E-state index in [0.29, 0.717) is 23.5 Å². The number of carbonyl (C=O) groups excluding carboxylic acids is 2. The van der Waals surface area contributed by atoms with E-state index in [-0.39, 0.29) is 18.6 Å². The highest BCUT2D eigenvalue weighted by atomic mass is 16.7. The molecule has 0 fully saturated rings. The first-order valence-electron chi connectivity index (χ1n) is 7.74. The van der Waals surface area contributed by atoms with Crippen molar-refractivity contribution >= 4 is 11.8 Å². The van der Waals surface area contributed by atoms with Crippen LogP contribution in [0.4, 0.5) is 0 Å². The predicted octanol–water partition coefficient (Wildman–Crippen LogP) is 2.37. The molecule has 124 valence electrons. The first-order valence-corrected chi connectivity index (χ1v) is 7.74. The van der Waals surface area contributed by atoms with E-state index in [4.69, 9.17) is 9.47 Å². The third-order valence-corrected chi connectivity index (χ3v) is 3.86. The van der Waals surface area contributed by atoms with Crippen LogP contribution in [0, 0.1) is 0 Å². The minimum Gasteiger partial charge on any atom is -0.454 e. The van der Waals surface area contributed by atoms with Crippen LogP contribution in [0.2, 0.25) is 0 Å². The van der Waals surface area contributed by atoms with Crippen LogP contribution in [0.1, 0.15) is 35.2 Å². The SMILES string of the molecule is CCC(C(=O)NNC(=O)c1ccc2c(c1)OCO2)c1ccccc1. The van der Waals surface area contributed by atoms with Crippen LogP contribution < -0.4 is 20.3 Å². The van der Waals surface area contributed by atoms with Crippen molar-refractivity contribution in [1.82, 2.24) is 10.9 Å². The summed E-state index contributed by atoms with van der Waals surface area (Å²) in [6.45, 7) is 2.07. The number of hydrogen-bond donors (Lipinski definition) is 2. The van der Waals surface area contributed by atoms with Gasteiger partial charge in [0.05, 0.1) is 5.92 Å². The van der Waals surface area contributed by atoms with E-state index in [2.05, 4.69) is 10.9 Å². The van der Waals surface area contributed by atoms with Gasteiger partial charge in [-0.1, -0.05) is 37.3 Å². The third kappa shape index (κ3) is 3.32. The van der Waals surface area contributed by atoms with Gasteiger partial charge in [-0.05, 0) is 30.2 Å². The lowest BCUT2D eigenvalue weighted by atomic mass is 9.96. The lowest BCUT2D eigenvalue weighted by Crippen LogP contribution is -2.43. The molecule has 0 saturated heterocycles. The van der Waals surface area contributed by atoms with Crippen molar-refractivity contribution < 1.29 is 19.1 Å².